The van der Waals surface area contributed by atoms with Gasteiger partial charge >= 0.3 is 0 Å². The van der Waals surface area contributed by atoms with Crippen molar-refractivity contribution < 1.29 is 13.6 Å². The summed E-state index contributed by atoms with van der Waals surface area (Å²) in [7, 11) is 0. The van der Waals surface area contributed by atoms with Crippen LogP contribution in [0.1, 0.15) is 31.2 Å². The third-order valence-corrected chi connectivity index (χ3v) is 4.57. The monoisotopic (exact) mass is 359 g/mol. The molecule has 0 aliphatic carbocycles. The lowest BCUT2D eigenvalue weighted by Gasteiger charge is -2.30. The maximum absolute atomic E-state index is 13.2. The minimum atomic E-state index is -2.78. The van der Waals surface area contributed by atoms with Gasteiger partial charge < -0.3 is 10.2 Å². The van der Waals surface area contributed by atoms with Gasteiger partial charge in [-0.1, -0.05) is 18.2 Å². The van der Waals surface area contributed by atoms with Gasteiger partial charge in [0.15, 0.2) is 0 Å². The van der Waals surface area contributed by atoms with Gasteiger partial charge in [0.05, 0.1) is 12.6 Å². The molecule has 134 valence electrons. The molecule has 0 bridgehead atoms. The first-order valence-corrected chi connectivity index (χ1v) is 8.27. The number of hydrogen-bond donors (Lipinski definition) is 2. The lowest BCUT2D eigenvalue weighted by molar-refractivity contribution is -0.123. The minimum absolute atomic E-state index is 0. The number of piperidine rings is 1. The van der Waals surface area contributed by atoms with E-state index in [1.165, 1.54) is 19.3 Å². The zero-order chi connectivity index (χ0) is 16.3. The number of carbonyl (C=O) groups excluding carboxylic acids is 1. The second-order valence-corrected chi connectivity index (χ2v) is 6.39. The summed E-state index contributed by atoms with van der Waals surface area (Å²) >= 11 is 0. The zero-order valence-electron chi connectivity index (χ0n) is 13.6. The first-order chi connectivity index (χ1) is 11.1. The van der Waals surface area contributed by atoms with E-state index in [0.29, 0.717) is 6.54 Å². The molecule has 2 fully saturated rings. The molecule has 1 unspecified atom stereocenters. The molecule has 0 spiro atoms. The zero-order valence-corrected chi connectivity index (χ0v) is 14.4. The van der Waals surface area contributed by atoms with Crippen molar-refractivity contribution in [1.29, 1.82) is 0 Å². The maximum Gasteiger partial charge on any atom is 0.262 e. The van der Waals surface area contributed by atoms with Crippen LogP contribution in [0.15, 0.2) is 24.3 Å². The number of halogens is 3. The van der Waals surface area contributed by atoms with Crippen molar-refractivity contribution in [2.45, 2.75) is 44.2 Å². The fourth-order valence-electron chi connectivity index (χ4n) is 3.31. The molecular formula is C17H24ClF2N3O. The van der Waals surface area contributed by atoms with Crippen LogP contribution in [0.3, 0.4) is 0 Å². The Morgan fingerprint density at radius 1 is 1.25 bits per heavy atom. The van der Waals surface area contributed by atoms with Gasteiger partial charge in [-0.2, -0.15) is 0 Å². The van der Waals surface area contributed by atoms with E-state index in [1.807, 2.05) is 18.2 Å². The molecule has 1 aromatic carbocycles. The topological polar surface area (TPSA) is 44.4 Å². The van der Waals surface area contributed by atoms with E-state index in [0.717, 1.165) is 24.3 Å². The highest BCUT2D eigenvalue weighted by atomic mass is 35.5. The molecule has 1 atom stereocenters. The van der Waals surface area contributed by atoms with Crippen molar-refractivity contribution in [2.24, 2.45) is 0 Å². The second kappa shape index (κ2) is 8.12. The second-order valence-electron chi connectivity index (χ2n) is 6.39. The highest BCUT2D eigenvalue weighted by molar-refractivity contribution is 5.85. The van der Waals surface area contributed by atoms with Crippen LogP contribution in [0.4, 0.5) is 14.5 Å². The van der Waals surface area contributed by atoms with Crippen LogP contribution in [0, 0.1) is 0 Å². The van der Waals surface area contributed by atoms with Crippen molar-refractivity contribution in [3.8, 4) is 0 Å². The van der Waals surface area contributed by atoms with Gasteiger partial charge in [-0.05, 0) is 30.9 Å². The smallest absolute Gasteiger partial charge is 0.262 e. The molecule has 0 radical (unpaired) electrons. The summed E-state index contributed by atoms with van der Waals surface area (Å²) in [6.07, 6.45) is 3.20. The Labute approximate surface area is 147 Å². The van der Waals surface area contributed by atoms with Gasteiger partial charge in [0.2, 0.25) is 5.91 Å². The van der Waals surface area contributed by atoms with Gasteiger partial charge in [-0.25, -0.2) is 8.78 Å². The summed E-state index contributed by atoms with van der Waals surface area (Å²) in [6.45, 7) is 2.01. The molecular weight excluding hydrogens is 336 g/mol. The molecule has 0 saturated carbocycles. The Bertz CT molecular complexity index is 565. The molecule has 2 aliphatic rings. The number of nitrogens with one attached hydrogen (secondary N) is 2. The summed E-state index contributed by atoms with van der Waals surface area (Å²) in [5.74, 6) is -3.14. The lowest BCUT2D eigenvalue weighted by atomic mass is 10.1. The predicted molar refractivity (Wildman–Crippen MR) is 93.0 cm³/mol. The number of amides is 1. The molecule has 3 rings (SSSR count). The summed E-state index contributed by atoms with van der Waals surface area (Å²) in [5, 5.41) is 5.39. The maximum atomic E-state index is 13.2. The van der Waals surface area contributed by atoms with Crippen LogP contribution in [0.5, 0.6) is 0 Å². The molecule has 4 nitrogen and oxygen atoms in total. The van der Waals surface area contributed by atoms with E-state index in [2.05, 4.69) is 21.6 Å². The van der Waals surface area contributed by atoms with E-state index in [4.69, 9.17) is 0 Å². The number of nitrogens with zero attached hydrogens (tertiary/aromatic N) is 1. The van der Waals surface area contributed by atoms with E-state index >= 15 is 0 Å². The highest BCUT2D eigenvalue weighted by Gasteiger charge is 2.42. The number of benzene rings is 1. The van der Waals surface area contributed by atoms with Crippen molar-refractivity contribution in [1.82, 2.24) is 10.6 Å². The summed E-state index contributed by atoms with van der Waals surface area (Å²) < 4.78 is 26.4. The van der Waals surface area contributed by atoms with Crippen LogP contribution in [0.2, 0.25) is 0 Å². The molecule has 2 aliphatic heterocycles. The minimum Gasteiger partial charge on any atom is -0.371 e. The van der Waals surface area contributed by atoms with Crippen LogP contribution in [0.25, 0.3) is 0 Å². The number of carbonyl (C=O) groups is 1. The Hall–Kier alpha value is -1.40. The van der Waals surface area contributed by atoms with Gasteiger partial charge in [-0.3, -0.25) is 10.1 Å². The van der Waals surface area contributed by atoms with Crippen LogP contribution >= 0.6 is 12.4 Å². The molecule has 24 heavy (non-hydrogen) atoms. The molecule has 2 heterocycles. The van der Waals surface area contributed by atoms with E-state index < -0.39 is 24.9 Å². The number of para-hydroxylation sites is 1. The third kappa shape index (κ3) is 4.57. The van der Waals surface area contributed by atoms with Crippen LogP contribution in [-0.4, -0.2) is 37.5 Å². The van der Waals surface area contributed by atoms with E-state index in [9.17, 15) is 13.6 Å². The predicted octanol–water partition coefficient (Wildman–Crippen LogP) is 2.71. The highest BCUT2D eigenvalue weighted by Crippen LogP contribution is 2.26. The van der Waals surface area contributed by atoms with E-state index in [1.54, 1.807) is 0 Å². The van der Waals surface area contributed by atoms with E-state index in [-0.39, 0.29) is 18.3 Å². The summed E-state index contributed by atoms with van der Waals surface area (Å²) in [5.41, 5.74) is 2.17. The quantitative estimate of drug-likeness (QED) is 0.868. The van der Waals surface area contributed by atoms with Crippen molar-refractivity contribution >= 4 is 24.0 Å². The number of alkyl halides is 2. The standard InChI is InChI=1S/C17H23F2N3O.ClH/c18-17(19)10-14(21-12-17)16(23)20-11-13-6-2-3-7-15(13)22-8-4-1-5-9-22;/h2-3,6-7,14,21H,1,4-5,8-12H2,(H,20,23);1H. The van der Waals surface area contributed by atoms with Gasteiger partial charge in [-0.15, -0.1) is 12.4 Å². The third-order valence-electron chi connectivity index (χ3n) is 4.57. The average Bonchev–Trinajstić information content (AvgIpc) is 2.94. The largest absolute Gasteiger partial charge is 0.371 e. The number of hydrogen-bond acceptors (Lipinski definition) is 3. The van der Waals surface area contributed by atoms with Crippen molar-refractivity contribution in [3.05, 3.63) is 29.8 Å². The molecule has 2 N–H and O–H groups in total. The Kier molecular flexibility index (Phi) is 6.40. The normalized spacial score (nSPS) is 22.8. The molecule has 7 heteroatoms. The Morgan fingerprint density at radius 2 is 1.96 bits per heavy atom. The summed E-state index contributed by atoms with van der Waals surface area (Å²) in [4.78, 5) is 14.4. The first-order valence-electron chi connectivity index (χ1n) is 8.27. The number of rotatable bonds is 4. The van der Waals surface area contributed by atoms with Gasteiger partial charge in [0.1, 0.15) is 0 Å². The molecule has 2 saturated heterocycles. The fraction of sp³-hybridized carbons (Fsp3) is 0.588. The molecule has 0 aromatic heterocycles. The Balaban J connectivity index is 0.00000208. The number of anilines is 1. The first kappa shape index (κ1) is 18.9. The van der Waals surface area contributed by atoms with Crippen LogP contribution < -0.4 is 15.5 Å². The lowest BCUT2D eigenvalue weighted by Crippen LogP contribution is -2.40. The Morgan fingerprint density at radius 3 is 2.62 bits per heavy atom. The molecule has 1 aromatic rings. The van der Waals surface area contributed by atoms with Crippen molar-refractivity contribution in [2.75, 3.05) is 24.5 Å². The van der Waals surface area contributed by atoms with Gasteiger partial charge in [0.25, 0.3) is 5.92 Å². The fourth-order valence-corrected chi connectivity index (χ4v) is 3.31. The van der Waals surface area contributed by atoms with Crippen molar-refractivity contribution in [3.63, 3.8) is 0 Å². The summed E-state index contributed by atoms with van der Waals surface area (Å²) in [6, 6.07) is 7.19. The van der Waals surface area contributed by atoms with Crippen LogP contribution in [-0.2, 0) is 11.3 Å². The SMILES string of the molecule is Cl.O=C(NCc1ccccc1N1CCCCC1)C1CC(F)(F)CN1. The average molecular weight is 360 g/mol. The van der Waals surface area contributed by atoms with Gasteiger partial charge in [0, 0.05) is 31.7 Å². The molecule has 1 amide bonds.